The molecule has 0 aliphatic heterocycles. The van der Waals surface area contributed by atoms with Crippen LogP contribution in [-0.2, 0) is 4.79 Å². The number of benzene rings is 1. The van der Waals surface area contributed by atoms with Crippen LogP contribution in [0.4, 0.5) is 0 Å². The summed E-state index contributed by atoms with van der Waals surface area (Å²) in [6.45, 7) is 1.97. The smallest absolute Gasteiger partial charge is 0.221 e. The number of halogens is 1. The first-order valence-electron chi connectivity index (χ1n) is 4.30. The molecule has 1 aromatic rings. The van der Waals surface area contributed by atoms with Crippen molar-refractivity contribution in [3.8, 4) is 0 Å². The van der Waals surface area contributed by atoms with Gasteiger partial charge in [-0.15, -0.1) is 0 Å². The summed E-state index contributed by atoms with van der Waals surface area (Å²) in [6.07, 6.45) is 3.89. The molecule has 74 valence electrons. The molecule has 0 atom stereocenters. The van der Waals surface area contributed by atoms with E-state index in [2.05, 4.69) is 0 Å². The van der Waals surface area contributed by atoms with Crippen LogP contribution in [0.3, 0.4) is 0 Å². The molecule has 0 radical (unpaired) electrons. The Bertz CT molecular complexity index is 372. The Morgan fingerprint density at radius 2 is 2.29 bits per heavy atom. The number of aryl methyl sites for hydroxylation is 1. The standard InChI is InChI=1S/C11H12ClNO/c1-8-7-10(12)6-5-9(8)3-2-4-11(13)14/h2-3,5-7H,4H2,1H3,(H2,13,14). The predicted octanol–water partition coefficient (Wildman–Crippen LogP) is 2.54. The van der Waals surface area contributed by atoms with E-state index >= 15 is 0 Å². The topological polar surface area (TPSA) is 43.1 Å². The van der Waals surface area contributed by atoms with Gasteiger partial charge in [0.15, 0.2) is 0 Å². The Morgan fingerprint density at radius 3 is 2.86 bits per heavy atom. The first kappa shape index (κ1) is 10.8. The van der Waals surface area contributed by atoms with Gasteiger partial charge in [-0.25, -0.2) is 0 Å². The van der Waals surface area contributed by atoms with Crippen LogP contribution in [-0.4, -0.2) is 5.91 Å². The van der Waals surface area contributed by atoms with Crippen molar-refractivity contribution in [1.29, 1.82) is 0 Å². The lowest BCUT2D eigenvalue weighted by Crippen LogP contribution is -2.07. The lowest BCUT2D eigenvalue weighted by atomic mass is 10.1. The highest BCUT2D eigenvalue weighted by Crippen LogP contribution is 2.16. The highest BCUT2D eigenvalue weighted by Gasteiger charge is 1.95. The summed E-state index contributed by atoms with van der Waals surface area (Å²) >= 11 is 5.80. The molecule has 0 heterocycles. The van der Waals surface area contributed by atoms with Gasteiger partial charge in [0, 0.05) is 11.4 Å². The minimum atomic E-state index is -0.326. The van der Waals surface area contributed by atoms with Crippen molar-refractivity contribution in [1.82, 2.24) is 0 Å². The zero-order valence-electron chi connectivity index (χ0n) is 7.96. The van der Waals surface area contributed by atoms with E-state index in [1.165, 1.54) is 0 Å². The van der Waals surface area contributed by atoms with Gasteiger partial charge >= 0.3 is 0 Å². The Labute approximate surface area is 88.4 Å². The van der Waals surface area contributed by atoms with Crippen molar-refractivity contribution in [2.24, 2.45) is 5.73 Å². The quantitative estimate of drug-likeness (QED) is 0.817. The van der Waals surface area contributed by atoms with E-state index in [9.17, 15) is 4.79 Å². The van der Waals surface area contributed by atoms with E-state index in [0.717, 1.165) is 16.1 Å². The zero-order valence-corrected chi connectivity index (χ0v) is 8.71. The van der Waals surface area contributed by atoms with Gasteiger partial charge in [0.1, 0.15) is 0 Å². The van der Waals surface area contributed by atoms with Gasteiger partial charge in [0.25, 0.3) is 0 Å². The fraction of sp³-hybridized carbons (Fsp3) is 0.182. The first-order chi connectivity index (χ1) is 6.59. The molecule has 0 fully saturated rings. The molecule has 1 rings (SSSR count). The number of carbonyl (C=O) groups is 1. The maximum absolute atomic E-state index is 10.5. The van der Waals surface area contributed by atoms with Crippen LogP contribution < -0.4 is 5.73 Å². The lowest BCUT2D eigenvalue weighted by Gasteiger charge is -1.99. The largest absolute Gasteiger partial charge is 0.369 e. The van der Waals surface area contributed by atoms with Crippen LogP contribution in [0.1, 0.15) is 17.5 Å². The number of nitrogens with two attached hydrogens (primary N) is 1. The van der Waals surface area contributed by atoms with Crippen molar-refractivity contribution in [2.75, 3.05) is 0 Å². The molecule has 0 saturated carbocycles. The monoisotopic (exact) mass is 209 g/mol. The Hall–Kier alpha value is -1.28. The average molecular weight is 210 g/mol. The van der Waals surface area contributed by atoms with E-state index in [-0.39, 0.29) is 12.3 Å². The highest BCUT2D eigenvalue weighted by molar-refractivity contribution is 6.30. The summed E-state index contributed by atoms with van der Waals surface area (Å²) in [6, 6.07) is 5.61. The molecule has 0 aromatic heterocycles. The second kappa shape index (κ2) is 4.82. The Kier molecular flexibility index (Phi) is 3.72. The van der Waals surface area contributed by atoms with Crippen LogP contribution in [0.15, 0.2) is 24.3 Å². The molecule has 0 aliphatic carbocycles. The van der Waals surface area contributed by atoms with Crippen molar-refractivity contribution < 1.29 is 4.79 Å². The molecule has 0 spiro atoms. The van der Waals surface area contributed by atoms with E-state index < -0.39 is 0 Å². The SMILES string of the molecule is Cc1cc(Cl)ccc1C=CCC(N)=O. The minimum Gasteiger partial charge on any atom is -0.369 e. The van der Waals surface area contributed by atoms with Crippen LogP contribution >= 0.6 is 11.6 Å². The molecular formula is C11H12ClNO. The van der Waals surface area contributed by atoms with Crippen molar-refractivity contribution >= 4 is 23.6 Å². The third-order valence-electron chi connectivity index (χ3n) is 1.85. The summed E-state index contributed by atoms with van der Waals surface area (Å²) in [5, 5.41) is 0.717. The normalized spacial score (nSPS) is 10.7. The Morgan fingerprint density at radius 1 is 1.57 bits per heavy atom. The second-order valence-electron chi connectivity index (χ2n) is 3.07. The van der Waals surface area contributed by atoms with E-state index in [4.69, 9.17) is 17.3 Å². The fourth-order valence-corrected chi connectivity index (χ4v) is 1.35. The van der Waals surface area contributed by atoms with E-state index in [1.807, 2.05) is 31.2 Å². The number of primary amides is 1. The van der Waals surface area contributed by atoms with Crippen molar-refractivity contribution in [3.05, 3.63) is 40.4 Å². The summed E-state index contributed by atoms with van der Waals surface area (Å²) in [4.78, 5) is 10.5. The number of hydrogen-bond acceptors (Lipinski definition) is 1. The van der Waals surface area contributed by atoms with Crippen LogP contribution in [0, 0.1) is 6.92 Å². The first-order valence-corrected chi connectivity index (χ1v) is 4.68. The summed E-state index contributed by atoms with van der Waals surface area (Å²) in [5.41, 5.74) is 7.14. The summed E-state index contributed by atoms with van der Waals surface area (Å²) < 4.78 is 0. The van der Waals surface area contributed by atoms with Crippen molar-refractivity contribution in [3.63, 3.8) is 0 Å². The number of rotatable bonds is 3. The van der Waals surface area contributed by atoms with Gasteiger partial charge in [0.05, 0.1) is 0 Å². The molecule has 1 amide bonds. The molecule has 2 nitrogen and oxygen atoms in total. The van der Waals surface area contributed by atoms with E-state index in [1.54, 1.807) is 6.08 Å². The molecule has 1 aromatic carbocycles. The number of amides is 1. The maximum Gasteiger partial charge on any atom is 0.221 e. The molecule has 0 aliphatic rings. The third-order valence-corrected chi connectivity index (χ3v) is 2.08. The molecule has 0 bridgehead atoms. The molecule has 2 N–H and O–H groups in total. The van der Waals surface area contributed by atoms with E-state index in [0.29, 0.717) is 0 Å². The number of hydrogen-bond donors (Lipinski definition) is 1. The second-order valence-corrected chi connectivity index (χ2v) is 3.51. The van der Waals surface area contributed by atoms with Gasteiger partial charge in [-0.05, 0) is 30.2 Å². The highest BCUT2D eigenvalue weighted by atomic mass is 35.5. The number of carbonyl (C=O) groups excluding carboxylic acids is 1. The molecule has 14 heavy (non-hydrogen) atoms. The Balaban J connectivity index is 2.76. The average Bonchev–Trinajstić information content (AvgIpc) is 2.08. The zero-order chi connectivity index (χ0) is 10.6. The fourth-order valence-electron chi connectivity index (χ4n) is 1.13. The predicted molar refractivity (Wildman–Crippen MR) is 59.0 cm³/mol. The van der Waals surface area contributed by atoms with Crippen molar-refractivity contribution in [2.45, 2.75) is 13.3 Å². The molecule has 0 saturated heterocycles. The lowest BCUT2D eigenvalue weighted by molar-refractivity contribution is -0.117. The summed E-state index contributed by atoms with van der Waals surface area (Å²) in [7, 11) is 0. The van der Waals surface area contributed by atoms with Crippen LogP contribution in [0.25, 0.3) is 6.08 Å². The minimum absolute atomic E-state index is 0.266. The summed E-state index contributed by atoms with van der Waals surface area (Å²) in [5.74, 6) is -0.326. The van der Waals surface area contributed by atoms with Crippen LogP contribution in [0.5, 0.6) is 0 Å². The molecule has 0 unspecified atom stereocenters. The van der Waals surface area contributed by atoms with Gasteiger partial charge < -0.3 is 5.73 Å². The van der Waals surface area contributed by atoms with Gasteiger partial charge in [-0.3, -0.25) is 4.79 Å². The van der Waals surface area contributed by atoms with Gasteiger partial charge in [-0.2, -0.15) is 0 Å². The maximum atomic E-state index is 10.5. The van der Waals surface area contributed by atoms with Gasteiger partial charge in [0.2, 0.25) is 5.91 Å². The third kappa shape index (κ3) is 3.23. The molecule has 3 heteroatoms. The van der Waals surface area contributed by atoms with Crippen LogP contribution in [0.2, 0.25) is 5.02 Å². The molecular weight excluding hydrogens is 198 g/mol. The van der Waals surface area contributed by atoms with Gasteiger partial charge in [-0.1, -0.05) is 29.8 Å².